The topological polar surface area (TPSA) is 63.6 Å². The number of hydrogen-bond donors (Lipinski definition) is 1. The van der Waals surface area contributed by atoms with Gasteiger partial charge in [-0.3, -0.25) is 0 Å². The second-order valence-corrected chi connectivity index (χ2v) is 10.8. The number of carbonyl (C=O) groups is 2. The molecule has 4 aromatic rings. The maximum atomic E-state index is 11.7. The van der Waals surface area contributed by atoms with Crippen LogP contribution >= 0.6 is 46.2 Å². The van der Waals surface area contributed by atoms with E-state index in [9.17, 15) is 9.59 Å². The Morgan fingerprint density at radius 3 is 1.74 bits per heavy atom. The number of carbonyl (C=O) groups excluding carboxylic acids is 1. The number of ether oxygens (including phenoxy) is 1. The van der Waals surface area contributed by atoms with E-state index in [1.165, 1.54) is 29.8 Å². The highest BCUT2D eigenvalue weighted by Gasteiger charge is 2.18. The minimum atomic E-state index is -0.827. The summed E-state index contributed by atoms with van der Waals surface area (Å²) in [6.07, 6.45) is 0. The molecule has 0 aliphatic rings. The number of carboxylic acid groups (broad SMARTS) is 1. The van der Waals surface area contributed by atoms with E-state index in [1.54, 1.807) is 23.5 Å². The number of fused-ring (bicyclic) bond motifs is 2. The Hall–Kier alpha value is -2.00. The standard InChI is InChI=1S/C12H12O2S2.C11H10O2S2/c1-3-15-10-8-6-4-5-7-9(8)16-11(10)12(13)14-2;1-2-14-9-7-5-3-4-6-8(7)15-10(9)11(12)13/h4-7H,3H2,1-2H3;3-6H,2H2,1H3,(H,12,13). The largest absolute Gasteiger partial charge is 0.477 e. The molecular formula is C23H22O4S4. The van der Waals surface area contributed by atoms with Crippen LogP contribution in [-0.4, -0.2) is 35.7 Å². The Morgan fingerprint density at radius 2 is 1.29 bits per heavy atom. The highest BCUT2D eigenvalue weighted by molar-refractivity contribution is 8.00. The summed E-state index contributed by atoms with van der Waals surface area (Å²) in [4.78, 5) is 25.9. The zero-order chi connectivity index (χ0) is 22.4. The minimum Gasteiger partial charge on any atom is -0.477 e. The number of rotatable bonds is 6. The summed E-state index contributed by atoms with van der Waals surface area (Å²) in [5.74, 6) is 0.774. The molecular weight excluding hydrogens is 469 g/mol. The van der Waals surface area contributed by atoms with Crippen molar-refractivity contribution in [2.45, 2.75) is 23.6 Å². The lowest BCUT2D eigenvalue weighted by Gasteiger charge is -2.00. The van der Waals surface area contributed by atoms with Gasteiger partial charge in [-0.1, -0.05) is 50.2 Å². The van der Waals surface area contributed by atoms with Crippen LogP contribution in [0.1, 0.15) is 33.2 Å². The maximum Gasteiger partial charge on any atom is 0.349 e. The maximum absolute atomic E-state index is 11.7. The first-order valence-electron chi connectivity index (χ1n) is 9.62. The smallest absolute Gasteiger partial charge is 0.349 e. The lowest BCUT2D eigenvalue weighted by atomic mass is 10.2. The molecule has 2 aromatic heterocycles. The van der Waals surface area contributed by atoms with E-state index in [1.807, 2.05) is 49.4 Å². The molecule has 162 valence electrons. The molecule has 0 aliphatic carbocycles. The fourth-order valence-electron chi connectivity index (χ4n) is 2.99. The molecule has 31 heavy (non-hydrogen) atoms. The number of esters is 1. The summed E-state index contributed by atoms with van der Waals surface area (Å²) in [7, 11) is 1.42. The molecule has 1 N–H and O–H groups in total. The van der Waals surface area contributed by atoms with Crippen molar-refractivity contribution in [3.63, 3.8) is 0 Å². The molecule has 0 saturated carbocycles. The van der Waals surface area contributed by atoms with Gasteiger partial charge in [-0.2, -0.15) is 0 Å². The molecule has 0 atom stereocenters. The number of methoxy groups -OCH3 is 1. The predicted molar refractivity (Wildman–Crippen MR) is 135 cm³/mol. The summed E-state index contributed by atoms with van der Waals surface area (Å²) < 4.78 is 7.00. The van der Waals surface area contributed by atoms with Crippen LogP contribution in [0, 0.1) is 0 Å². The molecule has 0 bridgehead atoms. The van der Waals surface area contributed by atoms with Crippen LogP contribution in [0.5, 0.6) is 0 Å². The first kappa shape index (κ1) is 23.7. The molecule has 0 unspecified atom stereocenters. The Balaban J connectivity index is 0.000000176. The molecule has 2 heterocycles. The van der Waals surface area contributed by atoms with E-state index in [0.29, 0.717) is 4.88 Å². The van der Waals surface area contributed by atoms with Crippen molar-refractivity contribution in [1.82, 2.24) is 0 Å². The molecule has 0 radical (unpaired) electrons. The van der Waals surface area contributed by atoms with Crippen molar-refractivity contribution >= 4 is 78.3 Å². The third kappa shape index (κ3) is 5.26. The predicted octanol–water partition coefficient (Wildman–Crippen LogP) is 7.51. The molecule has 0 aliphatic heterocycles. The van der Waals surface area contributed by atoms with Crippen LogP contribution < -0.4 is 0 Å². The summed E-state index contributed by atoms with van der Waals surface area (Å²) >= 11 is 6.14. The van der Waals surface area contributed by atoms with Gasteiger partial charge in [0.1, 0.15) is 9.75 Å². The number of thioether (sulfide) groups is 2. The number of thiophene rings is 2. The van der Waals surface area contributed by atoms with Crippen LogP contribution in [0.3, 0.4) is 0 Å². The number of aromatic carboxylic acids is 1. The van der Waals surface area contributed by atoms with E-state index in [4.69, 9.17) is 9.84 Å². The van der Waals surface area contributed by atoms with E-state index < -0.39 is 5.97 Å². The van der Waals surface area contributed by atoms with Gasteiger partial charge in [0.15, 0.2) is 0 Å². The van der Waals surface area contributed by atoms with Crippen LogP contribution in [0.4, 0.5) is 0 Å². The van der Waals surface area contributed by atoms with Crippen molar-refractivity contribution < 1.29 is 19.4 Å². The Bertz CT molecular complexity index is 1210. The minimum absolute atomic E-state index is 0.239. The van der Waals surface area contributed by atoms with Crippen LogP contribution in [-0.2, 0) is 4.74 Å². The van der Waals surface area contributed by atoms with Gasteiger partial charge in [0.2, 0.25) is 0 Å². The lowest BCUT2D eigenvalue weighted by Crippen LogP contribution is -1.99. The molecule has 0 amide bonds. The van der Waals surface area contributed by atoms with E-state index >= 15 is 0 Å². The number of benzene rings is 2. The van der Waals surface area contributed by atoms with Crippen molar-refractivity contribution in [2.75, 3.05) is 18.6 Å². The van der Waals surface area contributed by atoms with Gasteiger partial charge in [0.25, 0.3) is 0 Å². The molecule has 0 spiro atoms. The molecule has 0 saturated heterocycles. The highest BCUT2D eigenvalue weighted by atomic mass is 32.2. The van der Waals surface area contributed by atoms with Crippen molar-refractivity contribution in [3.05, 3.63) is 58.3 Å². The number of carboxylic acids is 1. The first-order chi connectivity index (χ1) is 15.0. The van der Waals surface area contributed by atoms with Crippen molar-refractivity contribution in [2.24, 2.45) is 0 Å². The lowest BCUT2D eigenvalue weighted by molar-refractivity contribution is 0.0602. The number of hydrogen-bond acceptors (Lipinski definition) is 7. The Kier molecular flexibility index (Phi) is 8.43. The second kappa shape index (κ2) is 11.0. The van der Waals surface area contributed by atoms with Gasteiger partial charge in [0, 0.05) is 30.0 Å². The summed E-state index contributed by atoms with van der Waals surface area (Å²) in [5, 5.41) is 11.3. The summed E-state index contributed by atoms with van der Waals surface area (Å²) in [6, 6.07) is 15.9. The molecule has 8 heteroatoms. The zero-order valence-corrected chi connectivity index (χ0v) is 20.6. The molecule has 4 nitrogen and oxygen atoms in total. The Morgan fingerprint density at radius 1 is 0.839 bits per heavy atom. The van der Waals surface area contributed by atoms with E-state index in [-0.39, 0.29) is 5.97 Å². The van der Waals surface area contributed by atoms with Gasteiger partial charge in [-0.25, -0.2) is 9.59 Å². The molecule has 4 rings (SSSR count). The SMILES string of the molecule is CCSc1c(C(=O)O)sc2ccccc12.CCSc1c(C(=O)OC)sc2ccccc12. The third-order valence-electron chi connectivity index (χ3n) is 4.24. The Labute approximate surface area is 197 Å². The van der Waals surface area contributed by atoms with Gasteiger partial charge in [-0.15, -0.1) is 46.2 Å². The van der Waals surface area contributed by atoms with Crippen molar-refractivity contribution in [3.8, 4) is 0 Å². The van der Waals surface area contributed by atoms with E-state index in [2.05, 4.69) is 13.0 Å². The van der Waals surface area contributed by atoms with Crippen LogP contribution in [0.2, 0.25) is 0 Å². The quantitative estimate of drug-likeness (QED) is 0.223. The first-order valence-corrected chi connectivity index (χ1v) is 13.2. The van der Waals surface area contributed by atoms with Crippen LogP contribution in [0.15, 0.2) is 58.3 Å². The summed E-state index contributed by atoms with van der Waals surface area (Å²) in [5.41, 5.74) is 0. The third-order valence-corrected chi connectivity index (χ3v) is 8.81. The normalized spacial score (nSPS) is 10.7. The summed E-state index contributed by atoms with van der Waals surface area (Å²) in [6.45, 7) is 4.11. The second-order valence-electron chi connectivity index (χ2n) is 6.18. The zero-order valence-electron chi connectivity index (χ0n) is 17.3. The fourth-order valence-corrected chi connectivity index (χ4v) is 7.35. The fraction of sp³-hybridized carbons (Fsp3) is 0.217. The van der Waals surface area contributed by atoms with Gasteiger partial charge in [-0.05, 0) is 23.6 Å². The highest BCUT2D eigenvalue weighted by Crippen LogP contribution is 2.39. The van der Waals surface area contributed by atoms with Crippen LogP contribution in [0.25, 0.3) is 20.2 Å². The average Bonchev–Trinajstić information content (AvgIpc) is 3.34. The van der Waals surface area contributed by atoms with Gasteiger partial charge in [0.05, 0.1) is 7.11 Å². The van der Waals surface area contributed by atoms with Gasteiger partial charge < -0.3 is 9.84 Å². The molecule has 0 fully saturated rings. The average molecular weight is 491 g/mol. The van der Waals surface area contributed by atoms with Gasteiger partial charge >= 0.3 is 11.9 Å². The van der Waals surface area contributed by atoms with Crippen molar-refractivity contribution in [1.29, 1.82) is 0 Å². The van der Waals surface area contributed by atoms with E-state index in [0.717, 1.165) is 46.3 Å². The monoisotopic (exact) mass is 490 g/mol. The molecule has 2 aromatic carbocycles.